The maximum absolute atomic E-state index is 13.0. The molecule has 1 amide bonds. The molecule has 6 nitrogen and oxygen atoms in total. The first kappa shape index (κ1) is 18.9. The Hall–Kier alpha value is -2.89. The third kappa shape index (κ3) is 3.79. The van der Waals surface area contributed by atoms with Gasteiger partial charge in [0, 0.05) is 17.5 Å². The highest BCUT2D eigenvalue weighted by molar-refractivity contribution is 5.96. The normalized spacial score (nSPS) is 17.3. The highest BCUT2D eigenvalue weighted by Gasteiger charge is 2.34. The fourth-order valence-electron chi connectivity index (χ4n) is 3.38. The summed E-state index contributed by atoms with van der Waals surface area (Å²) in [4.78, 5) is 13.0. The molecular weight excluding hydrogens is 346 g/mol. The Morgan fingerprint density at radius 3 is 2.30 bits per heavy atom. The Morgan fingerprint density at radius 2 is 1.70 bits per heavy atom. The number of methoxy groups -OCH3 is 3. The van der Waals surface area contributed by atoms with Crippen molar-refractivity contribution in [1.82, 2.24) is 5.32 Å². The lowest BCUT2D eigenvalue weighted by Crippen LogP contribution is -2.41. The second-order valence-electron chi connectivity index (χ2n) is 7.04. The summed E-state index contributed by atoms with van der Waals surface area (Å²) in [6.07, 6.45) is 0.667. The number of fused-ring (bicyclic) bond motifs is 1. The molecular formula is C21H25NO5. The number of amides is 1. The predicted octanol–water partition coefficient (Wildman–Crippen LogP) is 3.74. The van der Waals surface area contributed by atoms with Crippen molar-refractivity contribution >= 4 is 5.91 Å². The van der Waals surface area contributed by atoms with E-state index in [9.17, 15) is 4.79 Å². The van der Waals surface area contributed by atoms with Gasteiger partial charge in [0.1, 0.15) is 11.4 Å². The Balaban J connectivity index is 1.92. The van der Waals surface area contributed by atoms with Crippen LogP contribution >= 0.6 is 0 Å². The van der Waals surface area contributed by atoms with Gasteiger partial charge in [0.2, 0.25) is 5.75 Å². The van der Waals surface area contributed by atoms with Crippen LogP contribution in [0.25, 0.3) is 0 Å². The number of carbonyl (C=O) groups excluding carboxylic acids is 1. The SMILES string of the molecule is COc1cc(C(=O)NC2CC(C)(C)Oc3ccccc32)cc(OC)c1OC. The minimum Gasteiger partial charge on any atom is -0.493 e. The van der Waals surface area contributed by atoms with E-state index in [-0.39, 0.29) is 17.6 Å². The Kier molecular flexibility index (Phi) is 5.17. The van der Waals surface area contributed by atoms with E-state index in [1.165, 1.54) is 21.3 Å². The Bertz CT molecular complexity index is 821. The van der Waals surface area contributed by atoms with E-state index in [0.717, 1.165) is 11.3 Å². The van der Waals surface area contributed by atoms with E-state index < -0.39 is 0 Å². The van der Waals surface area contributed by atoms with Crippen molar-refractivity contribution in [2.24, 2.45) is 0 Å². The summed E-state index contributed by atoms with van der Waals surface area (Å²) >= 11 is 0. The van der Waals surface area contributed by atoms with Crippen LogP contribution in [0.2, 0.25) is 0 Å². The molecule has 0 bridgehead atoms. The second-order valence-corrected chi connectivity index (χ2v) is 7.04. The van der Waals surface area contributed by atoms with E-state index in [2.05, 4.69) is 5.32 Å². The molecule has 0 saturated carbocycles. The zero-order valence-corrected chi connectivity index (χ0v) is 16.3. The minimum atomic E-state index is -0.373. The van der Waals surface area contributed by atoms with Gasteiger partial charge in [-0.1, -0.05) is 18.2 Å². The molecule has 0 spiro atoms. The average Bonchev–Trinajstić information content (AvgIpc) is 2.65. The monoisotopic (exact) mass is 371 g/mol. The van der Waals surface area contributed by atoms with Gasteiger partial charge in [0.25, 0.3) is 5.91 Å². The van der Waals surface area contributed by atoms with Crippen molar-refractivity contribution in [3.05, 3.63) is 47.5 Å². The van der Waals surface area contributed by atoms with Gasteiger partial charge in [-0.25, -0.2) is 0 Å². The Morgan fingerprint density at radius 1 is 1.07 bits per heavy atom. The van der Waals surface area contributed by atoms with Crippen molar-refractivity contribution in [3.63, 3.8) is 0 Å². The van der Waals surface area contributed by atoms with Crippen molar-refractivity contribution < 1.29 is 23.7 Å². The molecule has 6 heteroatoms. The molecule has 0 saturated heterocycles. The highest BCUT2D eigenvalue weighted by Crippen LogP contribution is 2.41. The van der Waals surface area contributed by atoms with Gasteiger partial charge in [0.15, 0.2) is 11.5 Å². The molecule has 3 rings (SSSR count). The lowest BCUT2D eigenvalue weighted by atomic mass is 9.89. The quantitative estimate of drug-likeness (QED) is 0.867. The lowest BCUT2D eigenvalue weighted by Gasteiger charge is -2.37. The number of rotatable bonds is 5. The number of carbonyl (C=O) groups is 1. The number of benzene rings is 2. The molecule has 1 aliphatic heterocycles. The van der Waals surface area contributed by atoms with E-state index in [0.29, 0.717) is 29.2 Å². The number of hydrogen-bond acceptors (Lipinski definition) is 5. The van der Waals surface area contributed by atoms with E-state index in [4.69, 9.17) is 18.9 Å². The molecule has 2 aromatic rings. The van der Waals surface area contributed by atoms with Crippen LogP contribution in [0.4, 0.5) is 0 Å². The molecule has 1 unspecified atom stereocenters. The third-order valence-corrected chi connectivity index (χ3v) is 4.61. The topological polar surface area (TPSA) is 66.0 Å². The zero-order chi connectivity index (χ0) is 19.6. The first-order valence-electron chi connectivity index (χ1n) is 8.77. The lowest BCUT2D eigenvalue weighted by molar-refractivity contribution is 0.0619. The molecule has 0 aliphatic carbocycles. The third-order valence-electron chi connectivity index (χ3n) is 4.61. The van der Waals surface area contributed by atoms with Gasteiger partial charge in [-0.05, 0) is 32.0 Å². The molecule has 1 aliphatic rings. The minimum absolute atomic E-state index is 0.156. The summed E-state index contributed by atoms with van der Waals surface area (Å²) in [5.74, 6) is 1.91. The molecule has 0 radical (unpaired) electrons. The molecule has 144 valence electrons. The van der Waals surface area contributed by atoms with Crippen molar-refractivity contribution in [2.75, 3.05) is 21.3 Å². The molecule has 0 aromatic heterocycles. The van der Waals surface area contributed by atoms with Crippen LogP contribution < -0.4 is 24.3 Å². The summed E-state index contributed by atoms with van der Waals surface area (Å²) in [5.41, 5.74) is 1.03. The summed E-state index contributed by atoms with van der Waals surface area (Å²) in [5, 5.41) is 3.12. The molecule has 2 aromatic carbocycles. The van der Waals surface area contributed by atoms with Gasteiger partial charge < -0.3 is 24.3 Å². The van der Waals surface area contributed by atoms with Crippen molar-refractivity contribution in [1.29, 1.82) is 0 Å². The van der Waals surface area contributed by atoms with Crippen LogP contribution in [-0.2, 0) is 0 Å². The maximum atomic E-state index is 13.0. The summed E-state index contributed by atoms with van der Waals surface area (Å²) < 4.78 is 22.0. The molecule has 1 N–H and O–H groups in total. The largest absolute Gasteiger partial charge is 0.493 e. The molecule has 1 heterocycles. The fraction of sp³-hybridized carbons (Fsp3) is 0.381. The van der Waals surface area contributed by atoms with Crippen LogP contribution in [0, 0.1) is 0 Å². The van der Waals surface area contributed by atoms with Crippen LogP contribution in [-0.4, -0.2) is 32.8 Å². The first-order chi connectivity index (χ1) is 12.9. The predicted molar refractivity (Wildman–Crippen MR) is 102 cm³/mol. The van der Waals surface area contributed by atoms with Crippen LogP contribution in [0.1, 0.15) is 42.2 Å². The van der Waals surface area contributed by atoms with Gasteiger partial charge in [-0.2, -0.15) is 0 Å². The Labute approximate surface area is 159 Å². The van der Waals surface area contributed by atoms with Gasteiger partial charge in [-0.3, -0.25) is 4.79 Å². The standard InChI is InChI=1S/C21H25NO5/c1-21(2)12-15(14-8-6-7-9-16(14)27-21)22-20(23)13-10-17(24-3)19(26-5)18(11-13)25-4/h6-11,15H,12H2,1-5H3,(H,22,23). The number of ether oxygens (including phenoxy) is 4. The molecule has 1 atom stereocenters. The van der Waals surface area contributed by atoms with Gasteiger partial charge >= 0.3 is 0 Å². The average molecular weight is 371 g/mol. The molecule has 27 heavy (non-hydrogen) atoms. The zero-order valence-electron chi connectivity index (χ0n) is 16.3. The summed E-state index contributed by atoms with van der Waals surface area (Å²) in [7, 11) is 4.58. The van der Waals surface area contributed by atoms with E-state index in [1.54, 1.807) is 12.1 Å². The van der Waals surface area contributed by atoms with Crippen molar-refractivity contribution in [2.45, 2.75) is 31.9 Å². The van der Waals surface area contributed by atoms with Crippen LogP contribution in [0.3, 0.4) is 0 Å². The van der Waals surface area contributed by atoms with Gasteiger partial charge in [0.05, 0.1) is 27.4 Å². The van der Waals surface area contributed by atoms with E-state index in [1.807, 2.05) is 38.1 Å². The first-order valence-corrected chi connectivity index (χ1v) is 8.77. The van der Waals surface area contributed by atoms with E-state index >= 15 is 0 Å². The maximum Gasteiger partial charge on any atom is 0.252 e. The van der Waals surface area contributed by atoms with Crippen LogP contribution in [0.15, 0.2) is 36.4 Å². The number of hydrogen-bond donors (Lipinski definition) is 1. The highest BCUT2D eigenvalue weighted by atomic mass is 16.5. The molecule has 0 fully saturated rings. The van der Waals surface area contributed by atoms with Crippen molar-refractivity contribution in [3.8, 4) is 23.0 Å². The van der Waals surface area contributed by atoms with Crippen LogP contribution in [0.5, 0.6) is 23.0 Å². The van der Waals surface area contributed by atoms with Gasteiger partial charge in [-0.15, -0.1) is 0 Å². The number of nitrogens with one attached hydrogen (secondary N) is 1. The smallest absolute Gasteiger partial charge is 0.252 e. The number of para-hydroxylation sites is 1. The summed E-state index contributed by atoms with van der Waals surface area (Å²) in [6, 6.07) is 10.9. The fourth-order valence-corrected chi connectivity index (χ4v) is 3.38. The summed E-state index contributed by atoms with van der Waals surface area (Å²) in [6.45, 7) is 4.03. The second kappa shape index (κ2) is 7.39.